The Morgan fingerprint density at radius 2 is 1.72 bits per heavy atom. The van der Waals surface area contributed by atoms with Crippen LogP contribution in [0.3, 0.4) is 0 Å². The summed E-state index contributed by atoms with van der Waals surface area (Å²) in [4.78, 5) is 20.6. The lowest BCUT2D eigenvalue weighted by atomic mass is 9.75. The van der Waals surface area contributed by atoms with Crippen molar-refractivity contribution < 1.29 is 4.79 Å². The van der Waals surface area contributed by atoms with Crippen molar-refractivity contribution >= 4 is 29.1 Å². The van der Waals surface area contributed by atoms with E-state index < -0.39 is 0 Å². The maximum absolute atomic E-state index is 13.8. The molecule has 2 fully saturated rings. The molecule has 1 saturated heterocycles. The maximum atomic E-state index is 13.8. The van der Waals surface area contributed by atoms with Gasteiger partial charge in [-0.15, -0.1) is 0 Å². The van der Waals surface area contributed by atoms with E-state index in [-0.39, 0.29) is 29.8 Å². The monoisotopic (exact) mass is 464 g/mol. The minimum Gasteiger partial charge on any atom is -0.326 e. The zero-order valence-electron chi connectivity index (χ0n) is 18.0. The van der Waals surface area contributed by atoms with E-state index in [9.17, 15) is 4.79 Å². The number of piperidine rings is 1. The first-order valence-corrected chi connectivity index (χ1v) is 12.0. The van der Waals surface area contributed by atoms with Crippen LogP contribution in [0.4, 0.5) is 0 Å². The molecule has 4 atom stereocenters. The summed E-state index contributed by atoms with van der Waals surface area (Å²) in [5, 5.41) is 1.41. The standard InChI is InChI=1S/C27H26Cl2N2O/c1-17-15-23(20-5-4-6-22(29)16-20)25(18-10-12-21(28)13-11-18)31(27(17)32)26(19-8-9-19)24-7-2-3-14-30-24/h2-7,10-14,16-17,19,23,25-26H,8-9,15H2,1H3/t17?,23-,25-,26-/m1/s1. The van der Waals surface area contributed by atoms with Crippen molar-refractivity contribution in [3.05, 3.63) is 99.8 Å². The van der Waals surface area contributed by atoms with Gasteiger partial charge in [-0.05, 0) is 72.7 Å². The molecule has 1 amide bonds. The molecule has 1 unspecified atom stereocenters. The third kappa shape index (κ3) is 4.16. The van der Waals surface area contributed by atoms with Crippen LogP contribution < -0.4 is 0 Å². The average molecular weight is 465 g/mol. The molecule has 5 rings (SSSR count). The topological polar surface area (TPSA) is 33.2 Å². The number of nitrogens with zero attached hydrogens (tertiary/aromatic N) is 2. The van der Waals surface area contributed by atoms with Gasteiger partial charge in [-0.1, -0.05) is 60.5 Å². The molecule has 1 saturated carbocycles. The molecular weight excluding hydrogens is 439 g/mol. The summed E-state index contributed by atoms with van der Waals surface area (Å²) in [5.41, 5.74) is 3.24. The van der Waals surface area contributed by atoms with Crippen molar-refractivity contribution in [1.82, 2.24) is 9.88 Å². The van der Waals surface area contributed by atoms with Gasteiger partial charge >= 0.3 is 0 Å². The summed E-state index contributed by atoms with van der Waals surface area (Å²) >= 11 is 12.6. The van der Waals surface area contributed by atoms with E-state index in [0.29, 0.717) is 10.9 Å². The van der Waals surface area contributed by atoms with E-state index in [1.807, 2.05) is 55.6 Å². The number of pyridine rings is 1. The SMILES string of the molecule is CC1C[C@H](c2cccc(Cl)c2)[C@@H](c2ccc(Cl)cc2)N([C@@H](c2ccccn2)C2CC2)C1=O. The van der Waals surface area contributed by atoms with E-state index in [0.717, 1.165) is 41.1 Å². The lowest BCUT2D eigenvalue weighted by Crippen LogP contribution is -2.48. The summed E-state index contributed by atoms with van der Waals surface area (Å²) < 4.78 is 0. The largest absolute Gasteiger partial charge is 0.326 e. The van der Waals surface area contributed by atoms with E-state index in [2.05, 4.69) is 29.2 Å². The van der Waals surface area contributed by atoms with E-state index in [4.69, 9.17) is 28.2 Å². The summed E-state index contributed by atoms with van der Waals surface area (Å²) in [5.74, 6) is 0.694. The Morgan fingerprint density at radius 1 is 0.938 bits per heavy atom. The molecule has 0 radical (unpaired) electrons. The van der Waals surface area contributed by atoms with Gasteiger partial charge in [0.2, 0.25) is 5.91 Å². The average Bonchev–Trinajstić information content (AvgIpc) is 3.63. The molecule has 2 aromatic carbocycles. The second-order valence-electron chi connectivity index (χ2n) is 9.08. The molecule has 32 heavy (non-hydrogen) atoms. The molecule has 3 aromatic rings. The molecule has 0 spiro atoms. The van der Waals surface area contributed by atoms with Crippen LogP contribution in [0.15, 0.2) is 72.9 Å². The highest BCUT2D eigenvalue weighted by molar-refractivity contribution is 6.30. The number of carbonyl (C=O) groups excluding carboxylic acids is 1. The van der Waals surface area contributed by atoms with Crippen LogP contribution in [0.5, 0.6) is 0 Å². The van der Waals surface area contributed by atoms with Crippen molar-refractivity contribution in [3.63, 3.8) is 0 Å². The molecule has 1 aliphatic carbocycles. The molecule has 2 aliphatic rings. The molecule has 164 valence electrons. The smallest absolute Gasteiger partial charge is 0.226 e. The Kier molecular flexibility index (Phi) is 5.96. The van der Waals surface area contributed by atoms with Crippen molar-refractivity contribution in [3.8, 4) is 0 Å². The van der Waals surface area contributed by atoms with E-state index >= 15 is 0 Å². The molecule has 1 aromatic heterocycles. The van der Waals surface area contributed by atoms with Crippen molar-refractivity contribution in [2.75, 3.05) is 0 Å². The van der Waals surface area contributed by atoms with Gasteiger partial charge < -0.3 is 4.90 Å². The fourth-order valence-electron chi connectivity index (χ4n) is 5.19. The normalized spacial score (nSPS) is 24.4. The Hall–Kier alpha value is -2.36. The number of rotatable bonds is 5. The molecule has 1 aliphatic heterocycles. The Morgan fingerprint density at radius 3 is 2.38 bits per heavy atom. The van der Waals surface area contributed by atoms with Gasteiger partial charge in [-0.3, -0.25) is 9.78 Å². The number of hydrogen-bond acceptors (Lipinski definition) is 2. The number of likely N-dealkylation sites (tertiary alicyclic amines) is 1. The van der Waals surface area contributed by atoms with E-state index in [1.165, 1.54) is 0 Å². The molecule has 2 heterocycles. The lowest BCUT2D eigenvalue weighted by Gasteiger charge is -2.48. The van der Waals surface area contributed by atoms with Crippen LogP contribution in [0.1, 0.15) is 61.0 Å². The molecular formula is C27H26Cl2N2O. The molecule has 3 nitrogen and oxygen atoms in total. The van der Waals surface area contributed by atoms with Gasteiger partial charge in [-0.2, -0.15) is 0 Å². The third-order valence-corrected chi connectivity index (χ3v) is 7.30. The van der Waals surface area contributed by atoms with Crippen molar-refractivity contribution in [2.24, 2.45) is 11.8 Å². The number of halogens is 2. The maximum Gasteiger partial charge on any atom is 0.226 e. The molecule has 5 heteroatoms. The fourth-order valence-corrected chi connectivity index (χ4v) is 5.51. The molecule has 0 bridgehead atoms. The highest BCUT2D eigenvalue weighted by atomic mass is 35.5. The van der Waals surface area contributed by atoms with Gasteiger partial charge in [0.15, 0.2) is 0 Å². The van der Waals surface area contributed by atoms with Crippen LogP contribution in [0.25, 0.3) is 0 Å². The zero-order valence-corrected chi connectivity index (χ0v) is 19.5. The zero-order chi connectivity index (χ0) is 22.2. The van der Waals surface area contributed by atoms with Gasteiger partial charge in [0.05, 0.1) is 17.8 Å². The Balaban J connectivity index is 1.67. The number of aromatic nitrogens is 1. The number of amides is 1. The quantitative estimate of drug-likeness (QED) is 0.398. The Labute approximate surface area is 199 Å². The van der Waals surface area contributed by atoms with Gasteiger partial charge in [0.1, 0.15) is 0 Å². The predicted octanol–water partition coefficient (Wildman–Crippen LogP) is 7.23. The lowest BCUT2D eigenvalue weighted by molar-refractivity contribution is -0.147. The number of carbonyl (C=O) groups is 1. The van der Waals surface area contributed by atoms with Crippen LogP contribution in [0.2, 0.25) is 10.0 Å². The van der Waals surface area contributed by atoms with Crippen LogP contribution in [0, 0.1) is 11.8 Å². The first-order chi connectivity index (χ1) is 15.5. The predicted molar refractivity (Wildman–Crippen MR) is 129 cm³/mol. The molecule has 0 N–H and O–H groups in total. The minimum absolute atomic E-state index is 0.0335. The van der Waals surface area contributed by atoms with Gasteiger partial charge in [0, 0.05) is 28.1 Å². The summed E-state index contributed by atoms with van der Waals surface area (Å²) in [7, 11) is 0. The fraction of sp³-hybridized carbons (Fsp3) is 0.333. The summed E-state index contributed by atoms with van der Waals surface area (Å²) in [6.45, 7) is 2.05. The minimum atomic E-state index is -0.109. The van der Waals surface area contributed by atoms with E-state index in [1.54, 1.807) is 0 Å². The Bertz CT molecular complexity index is 1100. The second-order valence-corrected chi connectivity index (χ2v) is 9.95. The second kappa shape index (κ2) is 8.88. The summed E-state index contributed by atoms with van der Waals surface area (Å²) in [6.07, 6.45) is 4.85. The highest BCUT2D eigenvalue weighted by Gasteiger charge is 2.49. The van der Waals surface area contributed by atoms with Gasteiger partial charge in [0.25, 0.3) is 0 Å². The summed E-state index contributed by atoms with van der Waals surface area (Å²) in [6, 6.07) is 21.9. The number of hydrogen-bond donors (Lipinski definition) is 0. The van der Waals surface area contributed by atoms with Crippen molar-refractivity contribution in [2.45, 2.75) is 44.2 Å². The van der Waals surface area contributed by atoms with Gasteiger partial charge in [-0.25, -0.2) is 0 Å². The highest BCUT2D eigenvalue weighted by Crippen LogP contribution is 2.53. The first-order valence-electron chi connectivity index (χ1n) is 11.3. The third-order valence-electron chi connectivity index (χ3n) is 6.81. The first kappa shape index (κ1) is 21.5. The van der Waals surface area contributed by atoms with Crippen molar-refractivity contribution in [1.29, 1.82) is 0 Å². The van der Waals surface area contributed by atoms with Crippen LogP contribution >= 0.6 is 23.2 Å². The van der Waals surface area contributed by atoms with Crippen LogP contribution in [-0.2, 0) is 4.79 Å². The number of benzene rings is 2. The van der Waals surface area contributed by atoms with Crippen LogP contribution in [-0.4, -0.2) is 15.8 Å².